The van der Waals surface area contributed by atoms with Crippen molar-refractivity contribution in [2.75, 3.05) is 0 Å². The molecule has 2 aromatic rings. The van der Waals surface area contributed by atoms with Gasteiger partial charge in [-0.3, -0.25) is 10.1 Å². The number of halogens is 1. The van der Waals surface area contributed by atoms with E-state index in [1.165, 1.54) is 30.1 Å². The molecule has 8 heteroatoms. The summed E-state index contributed by atoms with van der Waals surface area (Å²) in [5, 5.41) is 20.3. The van der Waals surface area contributed by atoms with Crippen molar-refractivity contribution in [2.24, 2.45) is 0 Å². The summed E-state index contributed by atoms with van der Waals surface area (Å²) in [6.45, 7) is 1.63. The molecule has 1 aromatic carbocycles. The van der Waals surface area contributed by atoms with E-state index in [1.54, 1.807) is 19.1 Å². The average Bonchev–Trinajstić information content (AvgIpc) is 2.44. The molecule has 1 N–H and O–H groups in total. The van der Waals surface area contributed by atoms with Gasteiger partial charge < -0.3 is 5.11 Å². The van der Waals surface area contributed by atoms with Gasteiger partial charge in [0.2, 0.25) is 0 Å². The number of nitro groups is 1. The number of benzene rings is 1. The highest BCUT2D eigenvalue weighted by Gasteiger charge is 2.18. The van der Waals surface area contributed by atoms with E-state index in [9.17, 15) is 14.9 Å². The summed E-state index contributed by atoms with van der Waals surface area (Å²) < 4.78 is 0.530. The van der Waals surface area contributed by atoms with Crippen molar-refractivity contribution in [1.29, 1.82) is 0 Å². The Bertz CT molecular complexity index is 736. The van der Waals surface area contributed by atoms with Gasteiger partial charge in [-0.05, 0) is 41.1 Å². The number of rotatable bonds is 4. The molecule has 0 bridgehead atoms. The summed E-state index contributed by atoms with van der Waals surface area (Å²) >= 11 is 4.54. The van der Waals surface area contributed by atoms with Gasteiger partial charge in [-0.1, -0.05) is 17.8 Å². The lowest BCUT2D eigenvalue weighted by Gasteiger charge is -2.07. The fraction of sp³-hybridized carbons (Fsp3) is 0.0769. The van der Waals surface area contributed by atoms with E-state index >= 15 is 0 Å². The molecule has 0 saturated carbocycles. The van der Waals surface area contributed by atoms with Crippen LogP contribution in [0.15, 0.2) is 44.9 Å². The fourth-order valence-corrected chi connectivity index (χ4v) is 3.06. The second-order valence-electron chi connectivity index (χ2n) is 4.08. The van der Waals surface area contributed by atoms with Crippen LogP contribution in [0.25, 0.3) is 0 Å². The number of pyridine rings is 1. The zero-order valence-corrected chi connectivity index (χ0v) is 13.1. The van der Waals surface area contributed by atoms with Gasteiger partial charge in [-0.25, -0.2) is 9.78 Å². The lowest BCUT2D eigenvalue weighted by molar-refractivity contribution is -0.385. The van der Waals surface area contributed by atoms with Gasteiger partial charge in [0.1, 0.15) is 11.2 Å². The minimum absolute atomic E-state index is 0.0643. The molecule has 0 aliphatic heterocycles. The molecule has 0 spiro atoms. The summed E-state index contributed by atoms with van der Waals surface area (Å²) in [5.41, 5.74) is 0.590. The molecular weight excluding hydrogens is 360 g/mol. The molecule has 0 saturated heterocycles. The van der Waals surface area contributed by atoms with E-state index in [4.69, 9.17) is 5.11 Å². The van der Waals surface area contributed by atoms with Gasteiger partial charge in [0.25, 0.3) is 5.69 Å². The van der Waals surface area contributed by atoms with Gasteiger partial charge in [0, 0.05) is 10.5 Å². The summed E-state index contributed by atoms with van der Waals surface area (Å²) in [6.07, 6.45) is 1.20. The molecular formula is C13H9BrN2O4S. The number of hydrogen-bond acceptors (Lipinski definition) is 5. The molecule has 2 rings (SSSR count). The van der Waals surface area contributed by atoms with E-state index < -0.39 is 10.9 Å². The maximum Gasteiger partial charge on any atom is 0.335 e. The Morgan fingerprint density at radius 1 is 1.48 bits per heavy atom. The van der Waals surface area contributed by atoms with Gasteiger partial charge in [-0.2, -0.15) is 0 Å². The van der Waals surface area contributed by atoms with Gasteiger partial charge in [0.05, 0.1) is 15.0 Å². The second-order valence-corrected chi connectivity index (χ2v) is 5.93. The first-order chi connectivity index (χ1) is 9.90. The third-order valence-electron chi connectivity index (χ3n) is 2.70. The predicted molar refractivity (Wildman–Crippen MR) is 80.9 cm³/mol. The minimum Gasteiger partial charge on any atom is -0.478 e. The molecule has 21 heavy (non-hydrogen) atoms. The fourth-order valence-electron chi connectivity index (χ4n) is 1.61. The van der Waals surface area contributed by atoms with Gasteiger partial charge >= 0.3 is 5.97 Å². The normalized spacial score (nSPS) is 10.4. The molecule has 0 unspecified atom stereocenters. The van der Waals surface area contributed by atoms with Gasteiger partial charge in [-0.15, -0.1) is 0 Å². The van der Waals surface area contributed by atoms with E-state index in [-0.39, 0.29) is 11.3 Å². The van der Waals surface area contributed by atoms with Crippen LogP contribution in [0.4, 0.5) is 5.69 Å². The number of carboxylic acid groups (broad SMARTS) is 1. The van der Waals surface area contributed by atoms with Crippen molar-refractivity contribution in [2.45, 2.75) is 16.8 Å². The lowest BCUT2D eigenvalue weighted by atomic mass is 10.2. The van der Waals surface area contributed by atoms with Crippen molar-refractivity contribution >= 4 is 39.3 Å². The third kappa shape index (κ3) is 3.40. The zero-order valence-electron chi connectivity index (χ0n) is 10.7. The molecule has 0 fully saturated rings. The molecule has 0 amide bonds. The van der Waals surface area contributed by atoms with Crippen LogP contribution in [0.5, 0.6) is 0 Å². The topological polar surface area (TPSA) is 93.3 Å². The lowest BCUT2D eigenvalue weighted by Crippen LogP contribution is -1.97. The zero-order chi connectivity index (χ0) is 15.6. The summed E-state index contributed by atoms with van der Waals surface area (Å²) in [4.78, 5) is 26.0. The Morgan fingerprint density at radius 2 is 2.19 bits per heavy atom. The maximum absolute atomic E-state index is 10.9. The first kappa shape index (κ1) is 15.5. The van der Waals surface area contributed by atoms with Crippen LogP contribution >= 0.6 is 27.7 Å². The minimum atomic E-state index is -1.01. The van der Waals surface area contributed by atoms with Crippen LogP contribution in [0.2, 0.25) is 0 Å². The van der Waals surface area contributed by atoms with Crippen molar-refractivity contribution in [3.05, 3.63) is 56.2 Å². The van der Waals surface area contributed by atoms with Crippen molar-refractivity contribution in [1.82, 2.24) is 4.98 Å². The summed E-state index contributed by atoms with van der Waals surface area (Å²) in [7, 11) is 0. The summed E-state index contributed by atoms with van der Waals surface area (Å²) in [5.74, 6) is -1.01. The molecule has 0 aliphatic carbocycles. The smallest absolute Gasteiger partial charge is 0.335 e. The first-order valence-corrected chi connectivity index (χ1v) is 7.32. The number of aromatic carboxylic acids is 1. The molecule has 1 aromatic heterocycles. The van der Waals surface area contributed by atoms with E-state index in [2.05, 4.69) is 20.9 Å². The number of nitrogens with zero attached hydrogens (tertiary/aromatic N) is 2. The molecule has 0 atom stereocenters. The summed E-state index contributed by atoms with van der Waals surface area (Å²) in [6, 6.07) is 6.41. The van der Waals surface area contributed by atoms with Crippen LogP contribution in [-0.4, -0.2) is 21.0 Å². The van der Waals surface area contributed by atoms with Crippen LogP contribution in [0.1, 0.15) is 15.9 Å². The van der Waals surface area contributed by atoms with Crippen molar-refractivity contribution < 1.29 is 14.8 Å². The van der Waals surface area contributed by atoms with Crippen molar-refractivity contribution in [3.8, 4) is 0 Å². The predicted octanol–water partition coefficient (Wildman–Crippen LogP) is 3.91. The van der Waals surface area contributed by atoms with E-state index in [0.29, 0.717) is 20.0 Å². The number of hydrogen-bond donors (Lipinski definition) is 1. The van der Waals surface area contributed by atoms with Crippen LogP contribution < -0.4 is 0 Å². The Balaban J connectivity index is 2.36. The van der Waals surface area contributed by atoms with E-state index in [0.717, 1.165) is 0 Å². The quantitative estimate of drug-likeness (QED) is 0.649. The van der Waals surface area contributed by atoms with Crippen molar-refractivity contribution in [3.63, 3.8) is 0 Å². The van der Waals surface area contributed by atoms with E-state index in [1.807, 2.05) is 0 Å². The van der Waals surface area contributed by atoms with Crippen LogP contribution in [0.3, 0.4) is 0 Å². The number of carboxylic acids is 1. The van der Waals surface area contributed by atoms with Crippen LogP contribution in [0, 0.1) is 17.0 Å². The molecule has 0 aliphatic rings. The highest BCUT2D eigenvalue weighted by molar-refractivity contribution is 9.10. The maximum atomic E-state index is 10.9. The molecule has 6 nitrogen and oxygen atoms in total. The Kier molecular flexibility index (Phi) is 4.59. The largest absolute Gasteiger partial charge is 0.478 e. The third-order valence-corrected chi connectivity index (χ3v) is 4.92. The molecule has 0 radical (unpaired) electrons. The number of carbonyl (C=O) groups is 1. The molecule has 1 heterocycles. The average molecular weight is 369 g/mol. The highest BCUT2D eigenvalue weighted by Crippen LogP contribution is 2.36. The Morgan fingerprint density at radius 3 is 2.81 bits per heavy atom. The Hall–Kier alpha value is -1.93. The molecule has 108 valence electrons. The van der Waals surface area contributed by atoms with Gasteiger partial charge in [0.15, 0.2) is 0 Å². The first-order valence-electron chi connectivity index (χ1n) is 5.71. The Labute approximate surface area is 132 Å². The van der Waals surface area contributed by atoms with Crippen LogP contribution in [-0.2, 0) is 0 Å². The second kappa shape index (κ2) is 6.23. The highest BCUT2D eigenvalue weighted by atomic mass is 79.9. The SMILES string of the molecule is Cc1c([N+](=O)[O-])cnc(Sc2cccc(C(=O)O)c2)c1Br. The standard InChI is InChI=1S/C13H9BrN2O4S/c1-7-10(16(19)20)6-15-12(11(7)14)21-9-4-2-3-8(5-9)13(17)18/h2-6H,1H3,(H,17,18). The number of aromatic nitrogens is 1. The monoisotopic (exact) mass is 368 g/mol.